The Kier molecular flexibility index (Phi) is 9.10. The van der Waals surface area contributed by atoms with Gasteiger partial charge in [0.25, 0.3) is 11.8 Å². The van der Waals surface area contributed by atoms with E-state index in [0.717, 1.165) is 11.1 Å². The third kappa shape index (κ3) is 6.95. The molecule has 0 radical (unpaired) electrons. The van der Waals surface area contributed by atoms with E-state index in [4.69, 9.17) is 16.3 Å². The van der Waals surface area contributed by atoms with Gasteiger partial charge in [0.2, 0.25) is 0 Å². The van der Waals surface area contributed by atoms with E-state index in [-0.39, 0.29) is 12.2 Å². The van der Waals surface area contributed by atoms with E-state index in [0.29, 0.717) is 36.7 Å². The second-order valence-electron chi connectivity index (χ2n) is 7.49. The van der Waals surface area contributed by atoms with E-state index in [2.05, 4.69) is 42.5 Å². The second-order valence-corrected chi connectivity index (χ2v) is 9.67. The first-order valence-corrected chi connectivity index (χ1v) is 12.3. The monoisotopic (exact) mass is 615 g/mol. The standard InChI is InChI=1S/C26H20Br2ClN3O3/c1-15-6-5-9-22(16(15)2)32-26(34)18(13-30)10-17-11-19(27)12-20(28)25(17)35-14-24(33)31-23-8-4-3-7-21(23)29/h3-12H,14H2,1-2H3,(H,31,33)(H,32,34)/b18-10-. The van der Waals surface area contributed by atoms with Crippen molar-refractivity contribution >= 4 is 72.7 Å². The third-order valence-electron chi connectivity index (χ3n) is 5.05. The van der Waals surface area contributed by atoms with Gasteiger partial charge >= 0.3 is 0 Å². The number of anilines is 2. The molecule has 0 fully saturated rings. The molecule has 6 nitrogen and oxygen atoms in total. The van der Waals surface area contributed by atoms with Crippen LogP contribution in [0.3, 0.4) is 0 Å². The Morgan fingerprint density at radius 3 is 2.49 bits per heavy atom. The van der Waals surface area contributed by atoms with Crippen LogP contribution in [-0.4, -0.2) is 18.4 Å². The lowest BCUT2D eigenvalue weighted by Gasteiger charge is -2.14. The van der Waals surface area contributed by atoms with E-state index in [9.17, 15) is 14.9 Å². The molecule has 3 rings (SSSR count). The molecule has 0 aliphatic rings. The summed E-state index contributed by atoms with van der Waals surface area (Å²) >= 11 is 12.9. The molecule has 0 aromatic heterocycles. The van der Waals surface area contributed by atoms with Crippen molar-refractivity contribution in [1.29, 1.82) is 5.26 Å². The number of rotatable bonds is 7. The molecule has 0 heterocycles. The fourth-order valence-corrected chi connectivity index (χ4v) is 4.66. The SMILES string of the molecule is Cc1cccc(NC(=O)/C(C#N)=C\c2cc(Br)cc(Br)c2OCC(=O)Nc2ccccc2Cl)c1C. The minimum Gasteiger partial charge on any atom is -0.482 e. The van der Waals surface area contributed by atoms with Crippen LogP contribution in [-0.2, 0) is 9.59 Å². The Morgan fingerprint density at radius 1 is 1.06 bits per heavy atom. The number of nitrogens with one attached hydrogen (secondary N) is 2. The Labute approximate surface area is 225 Å². The number of nitrogens with zero attached hydrogens (tertiary/aromatic N) is 1. The molecule has 0 spiro atoms. The lowest BCUT2D eigenvalue weighted by molar-refractivity contribution is -0.118. The molecule has 178 valence electrons. The number of amides is 2. The second kappa shape index (κ2) is 12.0. The van der Waals surface area contributed by atoms with Crippen molar-refractivity contribution in [3.05, 3.63) is 90.8 Å². The summed E-state index contributed by atoms with van der Waals surface area (Å²) in [5.74, 6) is -0.675. The van der Waals surface area contributed by atoms with Crippen LogP contribution in [0.15, 0.2) is 69.1 Å². The number of ether oxygens (including phenoxy) is 1. The summed E-state index contributed by atoms with van der Waals surface area (Å²) in [7, 11) is 0. The van der Waals surface area contributed by atoms with Crippen LogP contribution in [0.25, 0.3) is 6.08 Å². The fourth-order valence-electron chi connectivity index (χ4n) is 3.11. The zero-order valence-corrected chi connectivity index (χ0v) is 22.7. The highest BCUT2D eigenvalue weighted by Gasteiger charge is 2.16. The number of carbonyl (C=O) groups excluding carboxylic acids is 2. The molecule has 35 heavy (non-hydrogen) atoms. The van der Waals surface area contributed by atoms with Gasteiger partial charge in [-0.1, -0.05) is 51.8 Å². The number of aryl methyl sites for hydroxylation is 1. The molecule has 0 atom stereocenters. The average Bonchev–Trinajstić information content (AvgIpc) is 2.81. The van der Waals surface area contributed by atoms with Crippen LogP contribution in [0.2, 0.25) is 5.02 Å². The number of para-hydroxylation sites is 1. The molecule has 2 N–H and O–H groups in total. The maximum Gasteiger partial charge on any atom is 0.266 e. The molecular formula is C26H20Br2ClN3O3. The molecule has 3 aromatic rings. The third-order valence-corrected chi connectivity index (χ3v) is 6.43. The number of hydrogen-bond donors (Lipinski definition) is 2. The summed E-state index contributed by atoms with van der Waals surface area (Å²) in [5.41, 5.74) is 3.33. The first-order chi connectivity index (χ1) is 16.7. The Morgan fingerprint density at radius 2 is 1.77 bits per heavy atom. The molecule has 0 unspecified atom stereocenters. The average molecular weight is 618 g/mol. The van der Waals surface area contributed by atoms with Gasteiger partial charge in [-0.05, 0) is 77.3 Å². The van der Waals surface area contributed by atoms with Gasteiger partial charge in [0.05, 0.1) is 15.2 Å². The highest BCUT2D eigenvalue weighted by Crippen LogP contribution is 2.34. The van der Waals surface area contributed by atoms with Crippen molar-refractivity contribution < 1.29 is 14.3 Å². The van der Waals surface area contributed by atoms with Crippen molar-refractivity contribution in [2.75, 3.05) is 17.2 Å². The highest BCUT2D eigenvalue weighted by molar-refractivity contribution is 9.11. The number of carbonyl (C=O) groups is 2. The predicted octanol–water partition coefficient (Wildman–Crippen LogP) is 7.05. The number of hydrogen-bond acceptors (Lipinski definition) is 4. The maximum atomic E-state index is 12.9. The summed E-state index contributed by atoms with van der Waals surface area (Å²) in [6.45, 7) is 3.52. The molecule has 0 saturated carbocycles. The molecular weight excluding hydrogens is 598 g/mol. The first kappa shape index (κ1) is 26.5. The summed E-state index contributed by atoms with van der Waals surface area (Å²) < 4.78 is 6.99. The van der Waals surface area contributed by atoms with Crippen LogP contribution in [0.1, 0.15) is 16.7 Å². The molecule has 3 aromatic carbocycles. The van der Waals surface area contributed by atoms with Gasteiger partial charge in [0, 0.05) is 15.7 Å². The van der Waals surface area contributed by atoms with Gasteiger partial charge in [0.15, 0.2) is 6.61 Å². The first-order valence-electron chi connectivity index (χ1n) is 10.3. The molecule has 9 heteroatoms. The van der Waals surface area contributed by atoms with Gasteiger partial charge in [-0.25, -0.2) is 0 Å². The predicted molar refractivity (Wildman–Crippen MR) is 146 cm³/mol. The number of halogens is 3. The molecule has 2 amide bonds. The summed E-state index contributed by atoms with van der Waals surface area (Å²) in [6.07, 6.45) is 1.41. The Balaban J connectivity index is 1.83. The Hall–Kier alpha value is -3.12. The molecule has 0 saturated heterocycles. The summed E-state index contributed by atoms with van der Waals surface area (Å²) in [4.78, 5) is 25.3. The largest absolute Gasteiger partial charge is 0.482 e. The highest BCUT2D eigenvalue weighted by atomic mass is 79.9. The van der Waals surface area contributed by atoms with Crippen molar-refractivity contribution in [2.24, 2.45) is 0 Å². The lowest BCUT2D eigenvalue weighted by atomic mass is 10.1. The fraction of sp³-hybridized carbons (Fsp3) is 0.115. The maximum absolute atomic E-state index is 12.9. The van der Waals surface area contributed by atoms with E-state index < -0.39 is 11.8 Å². The quantitative estimate of drug-likeness (QED) is 0.220. The Bertz CT molecular complexity index is 1370. The number of benzene rings is 3. The van der Waals surface area contributed by atoms with Gasteiger partial charge in [-0.3, -0.25) is 9.59 Å². The van der Waals surface area contributed by atoms with Gasteiger partial charge < -0.3 is 15.4 Å². The van der Waals surface area contributed by atoms with Gasteiger partial charge in [0.1, 0.15) is 17.4 Å². The van der Waals surface area contributed by atoms with Crippen LogP contribution in [0.4, 0.5) is 11.4 Å². The normalized spacial score (nSPS) is 10.9. The van der Waals surface area contributed by atoms with Crippen LogP contribution < -0.4 is 15.4 Å². The van der Waals surface area contributed by atoms with E-state index in [1.807, 2.05) is 32.0 Å². The van der Waals surface area contributed by atoms with Gasteiger partial charge in [-0.2, -0.15) is 5.26 Å². The van der Waals surface area contributed by atoms with E-state index in [1.54, 1.807) is 42.5 Å². The van der Waals surface area contributed by atoms with Crippen molar-refractivity contribution in [2.45, 2.75) is 13.8 Å². The van der Waals surface area contributed by atoms with Crippen molar-refractivity contribution in [1.82, 2.24) is 0 Å². The zero-order chi connectivity index (χ0) is 25.5. The lowest BCUT2D eigenvalue weighted by Crippen LogP contribution is -2.20. The smallest absolute Gasteiger partial charge is 0.266 e. The van der Waals surface area contributed by atoms with Crippen LogP contribution in [0, 0.1) is 25.2 Å². The minimum absolute atomic E-state index is 0.124. The van der Waals surface area contributed by atoms with E-state index in [1.165, 1.54) is 6.08 Å². The van der Waals surface area contributed by atoms with Crippen molar-refractivity contribution in [3.63, 3.8) is 0 Å². The zero-order valence-electron chi connectivity index (χ0n) is 18.8. The summed E-state index contributed by atoms with van der Waals surface area (Å²) in [5, 5.41) is 15.6. The molecule has 0 bridgehead atoms. The molecule has 0 aliphatic heterocycles. The van der Waals surface area contributed by atoms with Gasteiger partial charge in [-0.15, -0.1) is 0 Å². The minimum atomic E-state index is -0.556. The molecule has 0 aliphatic carbocycles. The van der Waals surface area contributed by atoms with Crippen LogP contribution in [0.5, 0.6) is 5.75 Å². The van der Waals surface area contributed by atoms with Crippen LogP contribution >= 0.6 is 43.5 Å². The number of nitriles is 1. The van der Waals surface area contributed by atoms with Crippen molar-refractivity contribution in [3.8, 4) is 11.8 Å². The summed E-state index contributed by atoms with van der Waals surface area (Å²) in [6, 6.07) is 17.8. The topological polar surface area (TPSA) is 91.2 Å². The van der Waals surface area contributed by atoms with E-state index >= 15 is 0 Å².